The summed E-state index contributed by atoms with van der Waals surface area (Å²) >= 11 is 0. The van der Waals surface area contributed by atoms with Crippen molar-refractivity contribution in [2.75, 3.05) is 0 Å². The molecule has 3 aromatic carbocycles. The minimum atomic E-state index is 0.0354. The Hall–Kier alpha value is -3.33. The Balaban J connectivity index is 2.02. The highest BCUT2D eigenvalue weighted by Crippen LogP contribution is 2.40. The number of hydrogen-bond donors (Lipinski definition) is 1. The summed E-state index contributed by atoms with van der Waals surface area (Å²) in [6.07, 6.45) is 0. The van der Waals surface area contributed by atoms with Gasteiger partial charge in [0.25, 0.3) is 0 Å². The number of hydrogen-bond acceptors (Lipinski definition) is 2. The van der Waals surface area contributed by atoms with Crippen LogP contribution < -0.4 is 0 Å². The first-order valence-corrected chi connectivity index (χ1v) is 8.65. The maximum absolute atomic E-state index is 10.7. The molecule has 3 nitrogen and oxygen atoms in total. The molecule has 0 fully saturated rings. The number of nitrogens with zero attached hydrogens (tertiary/aromatic N) is 2. The van der Waals surface area contributed by atoms with E-state index in [4.69, 9.17) is 0 Å². The average molecular weight is 340 g/mol. The normalized spacial score (nSPS) is 10.8. The molecular formula is C23H20N2O. The fourth-order valence-corrected chi connectivity index (χ4v) is 3.20. The first-order valence-electron chi connectivity index (χ1n) is 8.65. The third kappa shape index (κ3) is 2.88. The molecule has 0 saturated heterocycles. The van der Waals surface area contributed by atoms with E-state index >= 15 is 0 Å². The standard InChI is InChI=1S/C23H20N2O/c1-16-11-13-19(14-12-16)22-21(18-8-4-3-5-9-18)23(26)24-25(22)20-10-6-7-17(2)15-20/h3-15H,1-2H3,(H,24,26). The van der Waals surface area contributed by atoms with E-state index < -0.39 is 0 Å². The van der Waals surface area contributed by atoms with Crippen molar-refractivity contribution in [3.05, 3.63) is 90.0 Å². The highest BCUT2D eigenvalue weighted by Gasteiger charge is 2.21. The lowest BCUT2D eigenvalue weighted by molar-refractivity contribution is 0.449. The fourth-order valence-electron chi connectivity index (χ4n) is 3.20. The molecule has 26 heavy (non-hydrogen) atoms. The predicted molar refractivity (Wildman–Crippen MR) is 106 cm³/mol. The Labute approximate surface area is 153 Å². The molecule has 0 aliphatic carbocycles. The van der Waals surface area contributed by atoms with E-state index in [1.807, 2.05) is 47.1 Å². The third-order valence-electron chi connectivity index (χ3n) is 4.50. The second-order valence-corrected chi connectivity index (χ2v) is 6.53. The maximum Gasteiger partial charge on any atom is 0.239 e. The molecule has 0 unspecified atom stereocenters. The maximum atomic E-state index is 10.7. The van der Waals surface area contributed by atoms with Crippen LogP contribution in [0.1, 0.15) is 11.1 Å². The van der Waals surface area contributed by atoms with Crippen molar-refractivity contribution in [3.63, 3.8) is 0 Å². The lowest BCUT2D eigenvalue weighted by Gasteiger charge is -2.11. The van der Waals surface area contributed by atoms with E-state index in [9.17, 15) is 5.11 Å². The molecule has 0 atom stereocenters. The van der Waals surface area contributed by atoms with Crippen LogP contribution in [0.2, 0.25) is 0 Å². The first kappa shape index (κ1) is 16.2. The van der Waals surface area contributed by atoms with E-state index in [1.54, 1.807) is 0 Å². The predicted octanol–water partition coefficient (Wildman–Crippen LogP) is 5.53. The van der Waals surface area contributed by atoms with E-state index in [0.717, 1.165) is 33.6 Å². The molecule has 4 aromatic rings. The SMILES string of the molecule is Cc1ccc(-c2c(-c3ccccc3)c(O)nn2-c2cccc(C)c2)cc1. The second-order valence-electron chi connectivity index (χ2n) is 6.53. The Morgan fingerprint density at radius 3 is 2.15 bits per heavy atom. The number of benzene rings is 3. The molecule has 0 spiro atoms. The molecule has 1 heterocycles. The van der Waals surface area contributed by atoms with Crippen LogP contribution in [0.25, 0.3) is 28.1 Å². The van der Waals surface area contributed by atoms with Crippen LogP contribution in [-0.4, -0.2) is 14.9 Å². The van der Waals surface area contributed by atoms with Crippen LogP contribution in [0.15, 0.2) is 78.9 Å². The lowest BCUT2D eigenvalue weighted by Crippen LogP contribution is -2.00. The molecule has 0 saturated carbocycles. The van der Waals surface area contributed by atoms with Gasteiger partial charge in [-0.2, -0.15) is 0 Å². The van der Waals surface area contributed by atoms with E-state index in [0.29, 0.717) is 0 Å². The summed E-state index contributed by atoms with van der Waals surface area (Å²) in [5, 5.41) is 15.1. The zero-order chi connectivity index (χ0) is 18.1. The van der Waals surface area contributed by atoms with Gasteiger partial charge in [0, 0.05) is 5.56 Å². The second kappa shape index (κ2) is 6.52. The zero-order valence-electron chi connectivity index (χ0n) is 14.8. The Kier molecular flexibility index (Phi) is 4.05. The minimum Gasteiger partial charge on any atom is -0.492 e. The summed E-state index contributed by atoms with van der Waals surface area (Å²) in [6, 6.07) is 26.3. The molecule has 1 aromatic heterocycles. The van der Waals surface area contributed by atoms with Gasteiger partial charge < -0.3 is 5.11 Å². The van der Waals surface area contributed by atoms with Crippen LogP contribution in [0.3, 0.4) is 0 Å². The summed E-state index contributed by atoms with van der Waals surface area (Å²) in [5.41, 5.74) is 6.87. The van der Waals surface area contributed by atoms with Crippen molar-refractivity contribution < 1.29 is 5.11 Å². The summed E-state index contributed by atoms with van der Waals surface area (Å²) in [5.74, 6) is 0.0354. The molecule has 0 aliphatic heterocycles. The minimum absolute atomic E-state index is 0.0354. The summed E-state index contributed by atoms with van der Waals surface area (Å²) < 4.78 is 1.83. The number of rotatable bonds is 3. The highest BCUT2D eigenvalue weighted by molar-refractivity contribution is 5.85. The number of aromatic hydroxyl groups is 1. The van der Waals surface area contributed by atoms with Crippen molar-refractivity contribution in [2.45, 2.75) is 13.8 Å². The molecule has 1 N–H and O–H groups in total. The molecule has 0 bridgehead atoms. The van der Waals surface area contributed by atoms with Crippen LogP contribution in [0.4, 0.5) is 0 Å². The van der Waals surface area contributed by atoms with Crippen molar-refractivity contribution >= 4 is 0 Å². The molecule has 3 heteroatoms. The van der Waals surface area contributed by atoms with E-state index in [1.165, 1.54) is 5.56 Å². The Morgan fingerprint density at radius 1 is 0.731 bits per heavy atom. The van der Waals surface area contributed by atoms with Crippen molar-refractivity contribution in [1.29, 1.82) is 0 Å². The van der Waals surface area contributed by atoms with Gasteiger partial charge in [0.1, 0.15) is 0 Å². The Morgan fingerprint density at radius 2 is 1.46 bits per heavy atom. The highest BCUT2D eigenvalue weighted by atomic mass is 16.3. The van der Waals surface area contributed by atoms with Gasteiger partial charge in [0.2, 0.25) is 5.88 Å². The third-order valence-corrected chi connectivity index (χ3v) is 4.50. The van der Waals surface area contributed by atoms with Crippen molar-refractivity contribution in [3.8, 4) is 34.0 Å². The first-order chi connectivity index (χ1) is 12.6. The lowest BCUT2D eigenvalue weighted by atomic mass is 10.00. The molecule has 128 valence electrons. The molecule has 4 rings (SSSR count). The number of aromatic nitrogens is 2. The quantitative estimate of drug-likeness (QED) is 0.532. The fraction of sp³-hybridized carbons (Fsp3) is 0.0870. The van der Waals surface area contributed by atoms with E-state index in [2.05, 4.69) is 55.3 Å². The van der Waals surface area contributed by atoms with Gasteiger partial charge in [-0.25, -0.2) is 4.68 Å². The molecule has 0 aliphatic rings. The molecule has 0 amide bonds. The van der Waals surface area contributed by atoms with Gasteiger partial charge in [-0.3, -0.25) is 0 Å². The van der Waals surface area contributed by atoms with E-state index in [-0.39, 0.29) is 5.88 Å². The smallest absolute Gasteiger partial charge is 0.239 e. The summed E-state index contributed by atoms with van der Waals surface area (Å²) in [4.78, 5) is 0. The van der Waals surface area contributed by atoms with Crippen LogP contribution >= 0.6 is 0 Å². The monoisotopic (exact) mass is 340 g/mol. The largest absolute Gasteiger partial charge is 0.492 e. The van der Waals surface area contributed by atoms with Crippen molar-refractivity contribution in [2.24, 2.45) is 0 Å². The van der Waals surface area contributed by atoms with Gasteiger partial charge in [-0.15, -0.1) is 5.10 Å². The summed E-state index contributed by atoms with van der Waals surface area (Å²) in [7, 11) is 0. The zero-order valence-corrected chi connectivity index (χ0v) is 14.8. The molecule has 0 radical (unpaired) electrons. The number of aryl methyl sites for hydroxylation is 2. The van der Waals surface area contributed by atoms with Crippen molar-refractivity contribution in [1.82, 2.24) is 9.78 Å². The van der Waals surface area contributed by atoms with Gasteiger partial charge >= 0.3 is 0 Å². The molecular weight excluding hydrogens is 320 g/mol. The van der Waals surface area contributed by atoms with Crippen LogP contribution in [0.5, 0.6) is 5.88 Å². The average Bonchev–Trinajstić information content (AvgIpc) is 3.00. The van der Waals surface area contributed by atoms with Gasteiger partial charge in [-0.1, -0.05) is 72.3 Å². The Bertz CT molecular complexity index is 1050. The summed E-state index contributed by atoms with van der Waals surface area (Å²) in [6.45, 7) is 4.12. The van der Waals surface area contributed by atoms with Crippen LogP contribution in [0, 0.1) is 13.8 Å². The van der Waals surface area contributed by atoms with Crippen LogP contribution in [-0.2, 0) is 0 Å². The van der Waals surface area contributed by atoms with Gasteiger partial charge in [-0.05, 0) is 37.1 Å². The topological polar surface area (TPSA) is 38.1 Å². The van der Waals surface area contributed by atoms with Gasteiger partial charge in [0.15, 0.2) is 0 Å². The van der Waals surface area contributed by atoms with Gasteiger partial charge in [0.05, 0.1) is 16.9 Å².